The predicted octanol–water partition coefficient (Wildman–Crippen LogP) is 1.52. The van der Waals surface area contributed by atoms with Gasteiger partial charge < -0.3 is 10.2 Å². The molecule has 0 aromatic heterocycles. The van der Waals surface area contributed by atoms with Gasteiger partial charge in [0.2, 0.25) is 5.91 Å². The summed E-state index contributed by atoms with van der Waals surface area (Å²) >= 11 is 0. The number of anilines is 1. The van der Waals surface area contributed by atoms with Crippen molar-refractivity contribution in [1.82, 2.24) is 5.32 Å². The number of nitriles is 1. The maximum atomic E-state index is 11.7. The molecule has 1 amide bonds. The van der Waals surface area contributed by atoms with Crippen LogP contribution in [0.1, 0.15) is 18.4 Å². The molecule has 1 aliphatic rings. The molecule has 94 valence electrons. The molecule has 1 aromatic rings. The topological polar surface area (TPSA) is 56.1 Å². The van der Waals surface area contributed by atoms with Crippen LogP contribution in [0.4, 0.5) is 5.69 Å². The molecule has 1 N–H and O–H groups in total. The van der Waals surface area contributed by atoms with Crippen LogP contribution in [0.15, 0.2) is 24.3 Å². The lowest BCUT2D eigenvalue weighted by molar-refractivity contribution is -0.119. The Morgan fingerprint density at radius 2 is 2.22 bits per heavy atom. The molecule has 1 fully saturated rings. The number of rotatable bonds is 5. The van der Waals surface area contributed by atoms with Gasteiger partial charge in [-0.2, -0.15) is 5.26 Å². The van der Waals surface area contributed by atoms with Gasteiger partial charge in [-0.1, -0.05) is 12.1 Å². The number of carbonyl (C=O) groups is 1. The number of hydrogen-bond donors (Lipinski definition) is 1. The Balaban J connectivity index is 1.91. The van der Waals surface area contributed by atoms with Crippen LogP contribution in [0.25, 0.3) is 0 Å². The summed E-state index contributed by atoms with van der Waals surface area (Å²) in [6.07, 6.45) is 2.46. The van der Waals surface area contributed by atoms with Crippen LogP contribution in [0, 0.1) is 17.2 Å². The summed E-state index contributed by atoms with van der Waals surface area (Å²) in [5.74, 6) is 0.697. The maximum Gasteiger partial charge on any atom is 0.239 e. The highest BCUT2D eigenvalue weighted by Crippen LogP contribution is 2.27. The lowest BCUT2D eigenvalue weighted by Gasteiger charge is -2.19. The summed E-state index contributed by atoms with van der Waals surface area (Å²) < 4.78 is 0. The number of para-hydroxylation sites is 1. The minimum atomic E-state index is 0.0112. The van der Waals surface area contributed by atoms with Crippen molar-refractivity contribution in [2.45, 2.75) is 12.8 Å². The number of amides is 1. The molecule has 0 spiro atoms. The number of likely N-dealkylation sites (N-methyl/N-ethyl adjacent to an activating group) is 1. The standard InChI is InChI=1S/C14H17N3O/c1-17(10-14(18)16-9-11-6-7-11)13-5-3-2-4-12(13)8-15/h2-5,11H,6-7,9-10H2,1H3,(H,16,18). The smallest absolute Gasteiger partial charge is 0.239 e. The first kappa shape index (κ1) is 12.4. The zero-order valence-electron chi connectivity index (χ0n) is 10.5. The van der Waals surface area contributed by atoms with Crippen molar-refractivity contribution in [3.8, 4) is 6.07 Å². The molecule has 0 radical (unpaired) electrons. The van der Waals surface area contributed by atoms with Crippen molar-refractivity contribution >= 4 is 11.6 Å². The van der Waals surface area contributed by atoms with E-state index in [9.17, 15) is 4.79 Å². The molecule has 0 aliphatic heterocycles. The molecule has 1 saturated carbocycles. The summed E-state index contributed by atoms with van der Waals surface area (Å²) in [5, 5.41) is 11.9. The lowest BCUT2D eigenvalue weighted by Crippen LogP contribution is -2.36. The van der Waals surface area contributed by atoms with Crippen LogP contribution in [-0.4, -0.2) is 26.0 Å². The Morgan fingerprint density at radius 3 is 2.89 bits per heavy atom. The molecule has 4 nitrogen and oxygen atoms in total. The molecule has 1 aromatic carbocycles. The number of hydrogen-bond acceptors (Lipinski definition) is 3. The molecule has 0 bridgehead atoms. The third-order valence-corrected chi connectivity index (χ3v) is 3.10. The SMILES string of the molecule is CN(CC(=O)NCC1CC1)c1ccccc1C#N. The fourth-order valence-corrected chi connectivity index (χ4v) is 1.84. The zero-order valence-corrected chi connectivity index (χ0v) is 10.5. The van der Waals surface area contributed by atoms with Crippen LogP contribution in [-0.2, 0) is 4.79 Å². The first-order valence-electron chi connectivity index (χ1n) is 6.17. The second-order valence-corrected chi connectivity index (χ2v) is 4.73. The molecule has 0 unspecified atom stereocenters. The van der Waals surface area contributed by atoms with Crippen molar-refractivity contribution in [3.63, 3.8) is 0 Å². The van der Waals surface area contributed by atoms with Crippen molar-refractivity contribution in [2.24, 2.45) is 5.92 Å². The average molecular weight is 243 g/mol. The second kappa shape index (κ2) is 5.54. The van der Waals surface area contributed by atoms with Crippen LogP contribution in [0.5, 0.6) is 0 Å². The second-order valence-electron chi connectivity index (χ2n) is 4.73. The van der Waals surface area contributed by atoms with Crippen molar-refractivity contribution in [2.75, 3.05) is 25.0 Å². The summed E-state index contributed by atoms with van der Waals surface area (Å²) in [6, 6.07) is 9.44. The normalized spacial score (nSPS) is 13.8. The molecule has 0 saturated heterocycles. The van der Waals surface area contributed by atoms with Gasteiger partial charge in [-0.3, -0.25) is 4.79 Å². The van der Waals surface area contributed by atoms with E-state index in [0.717, 1.165) is 12.2 Å². The fraction of sp³-hybridized carbons (Fsp3) is 0.429. The van der Waals surface area contributed by atoms with Gasteiger partial charge in [-0.05, 0) is 30.9 Å². The van der Waals surface area contributed by atoms with Gasteiger partial charge in [0.25, 0.3) is 0 Å². The van der Waals surface area contributed by atoms with E-state index >= 15 is 0 Å². The Morgan fingerprint density at radius 1 is 1.50 bits per heavy atom. The highest BCUT2D eigenvalue weighted by atomic mass is 16.2. The van der Waals surface area contributed by atoms with Gasteiger partial charge in [0, 0.05) is 13.6 Å². The summed E-state index contributed by atoms with van der Waals surface area (Å²) in [5.41, 5.74) is 1.39. The Kier molecular flexibility index (Phi) is 3.83. The van der Waals surface area contributed by atoms with Crippen LogP contribution in [0.2, 0.25) is 0 Å². The van der Waals surface area contributed by atoms with Crippen molar-refractivity contribution in [3.05, 3.63) is 29.8 Å². The quantitative estimate of drug-likeness (QED) is 0.853. The summed E-state index contributed by atoms with van der Waals surface area (Å²) in [4.78, 5) is 13.5. The molecule has 0 heterocycles. The minimum absolute atomic E-state index is 0.0112. The number of nitrogens with one attached hydrogen (secondary N) is 1. The number of nitrogens with zero attached hydrogens (tertiary/aromatic N) is 2. The third-order valence-electron chi connectivity index (χ3n) is 3.10. The zero-order chi connectivity index (χ0) is 13.0. The molecule has 2 rings (SSSR count). The van der Waals surface area contributed by atoms with E-state index < -0.39 is 0 Å². The van der Waals surface area contributed by atoms with Gasteiger partial charge in [0.1, 0.15) is 6.07 Å². The monoisotopic (exact) mass is 243 g/mol. The molecular formula is C14H17N3O. The summed E-state index contributed by atoms with van der Waals surface area (Å²) in [7, 11) is 1.83. The molecule has 1 aliphatic carbocycles. The fourth-order valence-electron chi connectivity index (χ4n) is 1.84. The van der Waals surface area contributed by atoms with Crippen LogP contribution in [0.3, 0.4) is 0 Å². The van der Waals surface area contributed by atoms with E-state index in [-0.39, 0.29) is 12.5 Å². The van der Waals surface area contributed by atoms with E-state index in [1.54, 1.807) is 11.0 Å². The van der Waals surface area contributed by atoms with Gasteiger partial charge in [0.05, 0.1) is 17.8 Å². The van der Waals surface area contributed by atoms with E-state index in [2.05, 4.69) is 11.4 Å². The number of benzene rings is 1. The van der Waals surface area contributed by atoms with Crippen molar-refractivity contribution in [1.29, 1.82) is 5.26 Å². The number of carbonyl (C=O) groups excluding carboxylic acids is 1. The molecule has 18 heavy (non-hydrogen) atoms. The van der Waals surface area contributed by atoms with Gasteiger partial charge in [0.15, 0.2) is 0 Å². The van der Waals surface area contributed by atoms with Crippen LogP contribution < -0.4 is 10.2 Å². The highest BCUT2D eigenvalue weighted by molar-refractivity contribution is 5.81. The Labute approximate surface area is 107 Å². The van der Waals surface area contributed by atoms with E-state index in [1.165, 1.54) is 12.8 Å². The van der Waals surface area contributed by atoms with E-state index in [0.29, 0.717) is 11.5 Å². The van der Waals surface area contributed by atoms with E-state index in [1.807, 2.05) is 25.2 Å². The third kappa shape index (κ3) is 3.24. The minimum Gasteiger partial charge on any atom is -0.364 e. The van der Waals surface area contributed by atoms with Gasteiger partial charge in [-0.25, -0.2) is 0 Å². The average Bonchev–Trinajstić information content (AvgIpc) is 3.20. The first-order chi connectivity index (χ1) is 8.70. The summed E-state index contributed by atoms with van der Waals surface area (Å²) in [6.45, 7) is 1.07. The largest absolute Gasteiger partial charge is 0.364 e. The molecule has 4 heteroatoms. The lowest BCUT2D eigenvalue weighted by atomic mass is 10.2. The Bertz CT molecular complexity index is 474. The molecular weight excluding hydrogens is 226 g/mol. The maximum absolute atomic E-state index is 11.7. The first-order valence-corrected chi connectivity index (χ1v) is 6.17. The predicted molar refractivity (Wildman–Crippen MR) is 70.2 cm³/mol. The van der Waals surface area contributed by atoms with Crippen molar-refractivity contribution < 1.29 is 4.79 Å². The molecule has 0 atom stereocenters. The van der Waals surface area contributed by atoms with Crippen LogP contribution >= 0.6 is 0 Å². The Hall–Kier alpha value is -2.02. The van der Waals surface area contributed by atoms with Gasteiger partial charge >= 0.3 is 0 Å². The highest BCUT2D eigenvalue weighted by Gasteiger charge is 2.21. The van der Waals surface area contributed by atoms with E-state index in [4.69, 9.17) is 5.26 Å². The van der Waals surface area contributed by atoms with Gasteiger partial charge in [-0.15, -0.1) is 0 Å².